The Labute approximate surface area is 111 Å². The van der Waals surface area contributed by atoms with E-state index in [1.165, 1.54) is 6.07 Å². The van der Waals surface area contributed by atoms with Crippen molar-refractivity contribution in [3.63, 3.8) is 0 Å². The highest BCUT2D eigenvalue weighted by Gasteiger charge is 2.06. The average Bonchev–Trinajstić information content (AvgIpc) is 2.91. The molecule has 0 bridgehead atoms. The number of imidazole rings is 1. The van der Waals surface area contributed by atoms with Gasteiger partial charge in [0.1, 0.15) is 0 Å². The summed E-state index contributed by atoms with van der Waals surface area (Å²) < 4.78 is 28.3. The van der Waals surface area contributed by atoms with Crippen molar-refractivity contribution < 1.29 is 8.78 Å². The highest BCUT2D eigenvalue weighted by molar-refractivity contribution is 5.18. The number of unbranched alkanes of at least 4 members (excludes halogenated alkanes) is 1. The van der Waals surface area contributed by atoms with Gasteiger partial charge < -0.3 is 9.88 Å². The average molecular weight is 265 g/mol. The molecule has 1 aromatic heterocycles. The van der Waals surface area contributed by atoms with E-state index in [0.29, 0.717) is 12.1 Å². The molecule has 102 valence electrons. The van der Waals surface area contributed by atoms with E-state index in [2.05, 4.69) is 10.3 Å². The quantitative estimate of drug-likeness (QED) is 0.780. The van der Waals surface area contributed by atoms with Gasteiger partial charge in [-0.2, -0.15) is 0 Å². The Morgan fingerprint density at radius 3 is 2.89 bits per heavy atom. The summed E-state index contributed by atoms with van der Waals surface area (Å²) in [5.41, 5.74) is 0.370. The molecule has 0 saturated heterocycles. The summed E-state index contributed by atoms with van der Waals surface area (Å²) in [5, 5.41) is 3.12. The van der Waals surface area contributed by atoms with Gasteiger partial charge in [-0.05, 0) is 25.5 Å². The summed E-state index contributed by atoms with van der Waals surface area (Å²) in [5.74, 6) is -1.55. The Kier molecular flexibility index (Phi) is 5.03. The van der Waals surface area contributed by atoms with Crippen molar-refractivity contribution in [2.45, 2.75) is 25.9 Å². The third-order valence-corrected chi connectivity index (χ3v) is 2.93. The molecule has 0 saturated carbocycles. The van der Waals surface area contributed by atoms with Crippen molar-refractivity contribution in [1.29, 1.82) is 0 Å². The molecule has 1 N–H and O–H groups in total. The van der Waals surface area contributed by atoms with Crippen molar-refractivity contribution in [3.8, 4) is 0 Å². The smallest absolute Gasteiger partial charge is 0.163 e. The fourth-order valence-corrected chi connectivity index (χ4v) is 1.87. The summed E-state index contributed by atoms with van der Waals surface area (Å²) in [6.07, 6.45) is 7.47. The lowest BCUT2D eigenvalue weighted by atomic mass is 10.2. The number of benzene rings is 1. The molecule has 2 rings (SSSR count). The van der Waals surface area contributed by atoms with Crippen LogP contribution in [0.25, 0.3) is 0 Å². The van der Waals surface area contributed by atoms with Crippen LogP contribution in [0.15, 0.2) is 36.9 Å². The van der Waals surface area contributed by atoms with Crippen LogP contribution in [-0.2, 0) is 13.1 Å². The van der Waals surface area contributed by atoms with Gasteiger partial charge in [0.25, 0.3) is 0 Å². The zero-order valence-corrected chi connectivity index (χ0v) is 10.6. The Morgan fingerprint density at radius 1 is 1.21 bits per heavy atom. The lowest BCUT2D eigenvalue weighted by Gasteiger charge is -2.06. The van der Waals surface area contributed by atoms with Crippen molar-refractivity contribution in [2.75, 3.05) is 6.54 Å². The van der Waals surface area contributed by atoms with Crippen molar-refractivity contribution in [3.05, 3.63) is 54.1 Å². The Balaban J connectivity index is 1.63. The molecule has 0 aliphatic heterocycles. The minimum Gasteiger partial charge on any atom is -0.337 e. The second-order valence-corrected chi connectivity index (χ2v) is 4.40. The molecule has 3 nitrogen and oxygen atoms in total. The SMILES string of the molecule is Fc1cccc(CNCCCCn2ccnc2)c1F. The van der Waals surface area contributed by atoms with Gasteiger partial charge in [0, 0.05) is 31.0 Å². The maximum absolute atomic E-state index is 13.3. The number of aryl methyl sites for hydroxylation is 1. The molecular weight excluding hydrogens is 248 g/mol. The van der Waals surface area contributed by atoms with Gasteiger partial charge in [0.2, 0.25) is 0 Å². The second-order valence-electron chi connectivity index (χ2n) is 4.40. The summed E-state index contributed by atoms with van der Waals surface area (Å²) in [7, 11) is 0. The van der Waals surface area contributed by atoms with E-state index in [9.17, 15) is 8.78 Å². The molecule has 0 spiro atoms. The number of nitrogens with zero attached hydrogens (tertiary/aromatic N) is 2. The number of aromatic nitrogens is 2. The molecular formula is C14H17F2N3. The first-order valence-electron chi connectivity index (χ1n) is 6.36. The van der Waals surface area contributed by atoms with Gasteiger partial charge in [0.05, 0.1) is 6.33 Å². The van der Waals surface area contributed by atoms with Gasteiger partial charge in [0.15, 0.2) is 11.6 Å². The van der Waals surface area contributed by atoms with E-state index < -0.39 is 11.6 Å². The van der Waals surface area contributed by atoms with Gasteiger partial charge in [-0.3, -0.25) is 0 Å². The van der Waals surface area contributed by atoms with E-state index in [0.717, 1.165) is 32.0 Å². The third-order valence-electron chi connectivity index (χ3n) is 2.93. The molecule has 0 atom stereocenters. The number of halogens is 2. The van der Waals surface area contributed by atoms with Crippen LogP contribution < -0.4 is 5.32 Å². The minimum atomic E-state index is -0.792. The van der Waals surface area contributed by atoms with Crippen molar-refractivity contribution in [1.82, 2.24) is 14.9 Å². The van der Waals surface area contributed by atoms with Crippen LogP contribution in [0.4, 0.5) is 8.78 Å². The summed E-state index contributed by atoms with van der Waals surface area (Å²) in [6.45, 7) is 2.06. The molecule has 0 fully saturated rings. The lowest BCUT2D eigenvalue weighted by Crippen LogP contribution is -2.16. The van der Waals surface area contributed by atoms with Crippen LogP contribution in [0.3, 0.4) is 0 Å². The van der Waals surface area contributed by atoms with Crippen LogP contribution in [0, 0.1) is 11.6 Å². The Morgan fingerprint density at radius 2 is 2.11 bits per heavy atom. The second kappa shape index (κ2) is 6.99. The molecule has 1 aromatic carbocycles. The fourth-order valence-electron chi connectivity index (χ4n) is 1.87. The van der Waals surface area contributed by atoms with E-state index >= 15 is 0 Å². The zero-order chi connectivity index (χ0) is 13.5. The van der Waals surface area contributed by atoms with Crippen LogP contribution in [-0.4, -0.2) is 16.1 Å². The minimum absolute atomic E-state index is 0.356. The molecule has 2 aromatic rings. The molecule has 0 radical (unpaired) electrons. The zero-order valence-electron chi connectivity index (χ0n) is 10.6. The van der Waals surface area contributed by atoms with Crippen molar-refractivity contribution >= 4 is 0 Å². The summed E-state index contributed by atoms with van der Waals surface area (Å²) >= 11 is 0. The van der Waals surface area contributed by atoms with Gasteiger partial charge >= 0.3 is 0 Å². The first kappa shape index (κ1) is 13.7. The number of hydrogen-bond acceptors (Lipinski definition) is 2. The standard InChI is InChI=1S/C14H17F2N3/c15-13-5-3-4-12(14(13)16)10-17-6-1-2-8-19-9-7-18-11-19/h3-5,7,9,11,17H,1-2,6,8,10H2. The third kappa shape index (κ3) is 4.13. The molecule has 0 aliphatic carbocycles. The number of hydrogen-bond donors (Lipinski definition) is 1. The summed E-state index contributed by atoms with van der Waals surface area (Å²) in [6, 6.07) is 4.25. The van der Waals surface area contributed by atoms with E-state index in [4.69, 9.17) is 0 Å². The Bertz CT molecular complexity index is 497. The predicted molar refractivity (Wildman–Crippen MR) is 69.5 cm³/mol. The van der Waals surface area contributed by atoms with Crippen LogP contribution >= 0.6 is 0 Å². The van der Waals surface area contributed by atoms with Gasteiger partial charge in [-0.25, -0.2) is 13.8 Å². The normalized spacial score (nSPS) is 10.8. The van der Waals surface area contributed by atoms with Crippen LogP contribution in [0.5, 0.6) is 0 Å². The highest BCUT2D eigenvalue weighted by atomic mass is 19.2. The number of rotatable bonds is 7. The lowest BCUT2D eigenvalue weighted by molar-refractivity contribution is 0.490. The topological polar surface area (TPSA) is 29.9 Å². The molecule has 0 unspecified atom stereocenters. The van der Waals surface area contributed by atoms with Crippen LogP contribution in [0.2, 0.25) is 0 Å². The molecule has 5 heteroatoms. The maximum Gasteiger partial charge on any atom is 0.163 e. The summed E-state index contributed by atoms with van der Waals surface area (Å²) in [4.78, 5) is 3.97. The van der Waals surface area contributed by atoms with Gasteiger partial charge in [-0.1, -0.05) is 12.1 Å². The van der Waals surface area contributed by atoms with Gasteiger partial charge in [-0.15, -0.1) is 0 Å². The largest absolute Gasteiger partial charge is 0.337 e. The molecule has 0 amide bonds. The monoisotopic (exact) mass is 265 g/mol. The highest BCUT2D eigenvalue weighted by Crippen LogP contribution is 2.10. The van der Waals surface area contributed by atoms with E-state index in [1.54, 1.807) is 18.6 Å². The first-order valence-corrected chi connectivity index (χ1v) is 6.36. The van der Waals surface area contributed by atoms with E-state index in [-0.39, 0.29) is 0 Å². The van der Waals surface area contributed by atoms with Crippen molar-refractivity contribution in [2.24, 2.45) is 0 Å². The predicted octanol–water partition coefficient (Wildman–Crippen LogP) is 2.73. The molecule has 1 heterocycles. The first-order chi connectivity index (χ1) is 9.27. The van der Waals surface area contributed by atoms with Crippen LogP contribution in [0.1, 0.15) is 18.4 Å². The molecule has 0 aliphatic rings. The maximum atomic E-state index is 13.3. The Hall–Kier alpha value is -1.75. The van der Waals surface area contributed by atoms with E-state index in [1.807, 2.05) is 10.8 Å². The number of nitrogens with one attached hydrogen (secondary N) is 1. The molecule has 19 heavy (non-hydrogen) atoms. The fraction of sp³-hybridized carbons (Fsp3) is 0.357.